The third-order valence-corrected chi connectivity index (χ3v) is 11.8. The second kappa shape index (κ2) is 8.52. The maximum Gasteiger partial charge on any atom is 0.305 e. The molecule has 4 unspecified atom stereocenters. The lowest BCUT2D eigenvalue weighted by Gasteiger charge is -2.59. The first-order chi connectivity index (χ1) is 15.6. The van der Waals surface area contributed by atoms with Gasteiger partial charge in [-0.3, -0.25) is 4.79 Å². The van der Waals surface area contributed by atoms with Crippen molar-refractivity contribution in [3.8, 4) is 0 Å². The summed E-state index contributed by atoms with van der Waals surface area (Å²) in [5, 5.41) is 0. The van der Waals surface area contributed by atoms with Crippen LogP contribution in [0.15, 0.2) is 0 Å². The van der Waals surface area contributed by atoms with E-state index in [4.69, 9.17) is 9.47 Å². The highest BCUT2D eigenvalue weighted by Gasteiger charge is 2.76. The highest BCUT2D eigenvalue weighted by atomic mass is 16.6. The lowest BCUT2D eigenvalue weighted by Crippen LogP contribution is -2.59. The molecule has 188 valence electrons. The van der Waals surface area contributed by atoms with Crippen molar-refractivity contribution < 1.29 is 14.3 Å². The number of ether oxygens (including phenoxy) is 2. The zero-order valence-corrected chi connectivity index (χ0v) is 22.3. The Labute approximate surface area is 203 Å². The molecule has 4 aliphatic carbocycles. The molecule has 5 fully saturated rings. The van der Waals surface area contributed by atoms with Crippen molar-refractivity contribution in [1.29, 1.82) is 0 Å². The SMILES string of the molecule is CCC(=O)O[C@H]1CC[C@]2(C)C3CC[C@@]4(C)C(CC[C@@H]4C(C)CCCC(C)C)C3C[C@@H]3O[C@@]32C1. The van der Waals surface area contributed by atoms with Gasteiger partial charge < -0.3 is 9.47 Å². The Balaban J connectivity index is 1.29. The van der Waals surface area contributed by atoms with Gasteiger partial charge in [0, 0.05) is 18.3 Å². The van der Waals surface area contributed by atoms with Crippen LogP contribution < -0.4 is 0 Å². The Morgan fingerprint density at radius 1 is 1.03 bits per heavy atom. The van der Waals surface area contributed by atoms with Crippen LogP contribution in [0.4, 0.5) is 0 Å². The molecule has 1 heterocycles. The van der Waals surface area contributed by atoms with Gasteiger partial charge in [-0.2, -0.15) is 0 Å². The van der Waals surface area contributed by atoms with Crippen LogP contribution in [0, 0.1) is 46.3 Å². The molecular weight excluding hydrogens is 408 g/mol. The fourth-order valence-electron chi connectivity index (χ4n) is 10.0. The van der Waals surface area contributed by atoms with Crippen LogP contribution in [-0.2, 0) is 14.3 Å². The minimum Gasteiger partial charge on any atom is -0.462 e. The molecule has 0 radical (unpaired) electrons. The van der Waals surface area contributed by atoms with Gasteiger partial charge in [-0.15, -0.1) is 0 Å². The average molecular weight is 459 g/mol. The van der Waals surface area contributed by atoms with Crippen molar-refractivity contribution in [2.24, 2.45) is 46.3 Å². The van der Waals surface area contributed by atoms with Crippen LogP contribution in [0.2, 0.25) is 0 Å². The lowest BCUT2D eigenvalue weighted by molar-refractivity contribution is -0.159. The first kappa shape index (κ1) is 24.1. The van der Waals surface area contributed by atoms with Crippen LogP contribution >= 0.6 is 0 Å². The summed E-state index contributed by atoms with van der Waals surface area (Å²) >= 11 is 0. The molecule has 33 heavy (non-hydrogen) atoms. The second-order valence-electron chi connectivity index (χ2n) is 13.8. The first-order valence-electron chi connectivity index (χ1n) is 14.5. The Kier molecular flexibility index (Phi) is 6.24. The topological polar surface area (TPSA) is 38.8 Å². The smallest absolute Gasteiger partial charge is 0.305 e. The van der Waals surface area contributed by atoms with Gasteiger partial charge in [-0.25, -0.2) is 0 Å². The third-order valence-electron chi connectivity index (χ3n) is 11.8. The van der Waals surface area contributed by atoms with Gasteiger partial charge in [0.1, 0.15) is 11.7 Å². The Morgan fingerprint density at radius 3 is 2.55 bits per heavy atom. The molecule has 10 atom stereocenters. The van der Waals surface area contributed by atoms with E-state index < -0.39 is 0 Å². The minimum atomic E-state index is -0.0427. The van der Waals surface area contributed by atoms with Crippen molar-refractivity contribution in [2.75, 3.05) is 0 Å². The number of hydrogen-bond acceptors (Lipinski definition) is 3. The summed E-state index contributed by atoms with van der Waals surface area (Å²) in [4.78, 5) is 11.9. The second-order valence-corrected chi connectivity index (χ2v) is 13.8. The van der Waals surface area contributed by atoms with E-state index in [1.165, 1.54) is 57.8 Å². The molecule has 0 bridgehead atoms. The minimum absolute atomic E-state index is 0.000982. The molecule has 0 aromatic heterocycles. The molecule has 5 aliphatic rings. The van der Waals surface area contributed by atoms with E-state index in [9.17, 15) is 4.79 Å². The van der Waals surface area contributed by atoms with E-state index >= 15 is 0 Å². The standard InChI is InChI=1S/C30H50O3/c1-7-27(31)32-21-13-16-29(6)25-14-15-28(5)23(20(4)10-8-9-19(2)3)11-12-24(28)22(25)17-26-30(29,18-21)33-26/h19-26H,7-18H2,1-6H3/t20?,21-,22?,23+,24?,25?,26-,28+,29+,30-/m0/s1. The van der Waals surface area contributed by atoms with Gasteiger partial charge in [0.05, 0.1) is 6.10 Å². The van der Waals surface area contributed by atoms with E-state index in [0.717, 1.165) is 48.3 Å². The lowest BCUT2D eigenvalue weighted by atomic mass is 9.44. The molecule has 1 aliphatic heterocycles. The van der Waals surface area contributed by atoms with Crippen LogP contribution in [0.25, 0.3) is 0 Å². The number of epoxide rings is 1. The number of carbonyl (C=O) groups excluding carboxylic acids is 1. The predicted octanol–water partition coefficient (Wildman–Crippen LogP) is 7.56. The molecule has 0 aromatic rings. The fourth-order valence-corrected chi connectivity index (χ4v) is 10.0. The van der Waals surface area contributed by atoms with Gasteiger partial charge >= 0.3 is 5.97 Å². The van der Waals surface area contributed by atoms with Crippen LogP contribution in [-0.4, -0.2) is 23.8 Å². The van der Waals surface area contributed by atoms with Gasteiger partial charge in [-0.05, 0) is 85.9 Å². The van der Waals surface area contributed by atoms with Gasteiger partial charge in [0.25, 0.3) is 0 Å². The third kappa shape index (κ3) is 3.73. The Hall–Kier alpha value is -0.570. The molecule has 4 saturated carbocycles. The van der Waals surface area contributed by atoms with E-state index in [1.807, 2.05) is 6.92 Å². The monoisotopic (exact) mass is 458 g/mol. The summed E-state index contributed by atoms with van der Waals surface area (Å²) in [6, 6.07) is 0. The molecule has 5 rings (SSSR count). The van der Waals surface area contributed by atoms with Crippen LogP contribution in [0.1, 0.15) is 119 Å². The van der Waals surface area contributed by atoms with E-state index in [-0.39, 0.29) is 23.1 Å². The largest absolute Gasteiger partial charge is 0.462 e. The predicted molar refractivity (Wildman–Crippen MR) is 133 cm³/mol. The van der Waals surface area contributed by atoms with Crippen molar-refractivity contribution >= 4 is 5.97 Å². The Bertz CT molecular complexity index is 747. The molecule has 0 amide bonds. The van der Waals surface area contributed by atoms with Crippen molar-refractivity contribution in [1.82, 2.24) is 0 Å². The molecule has 0 N–H and O–H groups in total. The zero-order valence-electron chi connectivity index (χ0n) is 22.3. The summed E-state index contributed by atoms with van der Waals surface area (Å²) in [6.45, 7) is 14.4. The van der Waals surface area contributed by atoms with Crippen molar-refractivity contribution in [3.63, 3.8) is 0 Å². The van der Waals surface area contributed by atoms with Crippen LogP contribution in [0.5, 0.6) is 0 Å². The number of esters is 1. The number of carbonyl (C=O) groups is 1. The van der Waals surface area contributed by atoms with Crippen molar-refractivity contribution in [3.05, 3.63) is 0 Å². The number of hydrogen-bond donors (Lipinski definition) is 0. The maximum atomic E-state index is 11.9. The van der Waals surface area contributed by atoms with E-state index in [2.05, 4.69) is 34.6 Å². The summed E-state index contributed by atoms with van der Waals surface area (Å²) < 4.78 is 12.5. The van der Waals surface area contributed by atoms with E-state index in [0.29, 0.717) is 17.9 Å². The zero-order chi connectivity index (χ0) is 23.6. The van der Waals surface area contributed by atoms with Gasteiger partial charge in [0.15, 0.2) is 0 Å². The summed E-state index contributed by atoms with van der Waals surface area (Å²) in [5.41, 5.74) is 0.816. The molecule has 0 aromatic carbocycles. The highest BCUT2D eigenvalue weighted by molar-refractivity contribution is 5.69. The molecule has 1 saturated heterocycles. The number of rotatable bonds is 7. The van der Waals surface area contributed by atoms with Gasteiger partial charge in [0.2, 0.25) is 0 Å². The van der Waals surface area contributed by atoms with Gasteiger partial charge in [-0.1, -0.05) is 60.8 Å². The summed E-state index contributed by atoms with van der Waals surface area (Å²) in [6.07, 6.45) is 15.3. The first-order valence-corrected chi connectivity index (χ1v) is 14.5. The summed E-state index contributed by atoms with van der Waals surface area (Å²) in [5.74, 6) is 5.11. The molecule has 1 spiro atoms. The van der Waals surface area contributed by atoms with Crippen molar-refractivity contribution in [2.45, 2.75) is 136 Å². The average Bonchev–Trinajstić information content (AvgIpc) is 3.34. The normalized spacial score (nSPS) is 48.9. The maximum absolute atomic E-state index is 11.9. The quantitative estimate of drug-likeness (QED) is 0.292. The Morgan fingerprint density at radius 2 is 1.82 bits per heavy atom. The van der Waals surface area contributed by atoms with E-state index in [1.54, 1.807) is 0 Å². The highest BCUT2D eigenvalue weighted by Crippen LogP contribution is 2.74. The molecule has 3 heteroatoms. The molecule has 3 nitrogen and oxygen atoms in total. The number of fused-ring (bicyclic) bond motifs is 4. The molecular formula is C30H50O3. The van der Waals surface area contributed by atoms with Crippen LogP contribution in [0.3, 0.4) is 0 Å². The fraction of sp³-hybridized carbons (Fsp3) is 0.967. The summed E-state index contributed by atoms with van der Waals surface area (Å²) in [7, 11) is 0.